The van der Waals surface area contributed by atoms with E-state index in [1.54, 1.807) is 18.0 Å². The number of hydrogen-bond donors (Lipinski definition) is 3. The van der Waals surface area contributed by atoms with Gasteiger partial charge >= 0.3 is 12.1 Å². The van der Waals surface area contributed by atoms with Crippen molar-refractivity contribution >= 4 is 35.8 Å². The van der Waals surface area contributed by atoms with Crippen LogP contribution in [0.15, 0.2) is 88.8 Å². The summed E-state index contributed by atoms with van der Waals surface area (Å²) < 4.78 is 31.7. The first-order valence-electron chi connectivity index (χ1n) is 11.5. The van der Waals surface area contributed by atoms with E-state index >= 15 is 0 Å². The summed E-state index contributed by atoms with van der Waals surface area (Å²) in [7, 11) is 0. The first-order valence-corrected chi connectivity index (χ1v) is 12.3. The number of carbonyl (C=O) groups is 2. The third-order valence-electron chi connectivity index (χ3n) is 5.46. The summed E-state index contributed by atoms with van der Waals surface area (Å²) in [5.41, 5.74) is 5.72. The number of carboxylic acid groups (broad SMARTS) is 1. The van der Waals surface area contributed by atoms with Gasteiger partial charge in [0.05, 0.1) is 11.3 Å². The van der Waals surface area contributed by atoms with Crippen LogP contribution >= 0.6 is 11.8 Å². The highest BCUT2D eigenvalue weighted by atomic mass is 32.2. The van der Waals surface area contributed by atoms with E-state index in [0.717, 1.165) is 40.2 Å². The van der Waals surface area contributed by atoms with Crippen LogP contribution in [0, 0.1) is 0 Å². The van der Waals surface area contributed by atoms with Gasteiger partial charge in [0.25, 0.3) is 5.91 Å². The van der Waals surface area contributed by atoms with Crippen LogP contribution in [0.25, 0.3) is 23.4 Å². The summed E-state index contributed by atoms with van der Waals surface area (Å²) in [4.78, 5) is 31.3. The molecule has 2 aromatic carbocycles. The smallest absolute Gasteiger partial charge is 0.475 e. The molecule has 194 valence electrons. The largest absolute Gasteiger partial charge is 0.490 e. The number of amides is 1. The van der Waals surface area contributed by atoms with Crippen molar-refractivity contribution < 1.29 is 27.9 Å². The van der Waals surface area contributed by atoms with Crippen molar-refractivity contribution in [2.24, 2.45) is 0 Å². The number of aromatic amines is 1. The van der Waals surface area contributed by atoms with E-state index < -0.39 is 12.1 Å². The third-order valence-corrected chi connectivity index (χ3v) is 6.56. The van der Waals surface area contributed by atoms with Crippen molar-refractivity contribution in [1.82, 2.24) is 15.3 Å². The zero-order valence-corrected chi connectivity index (χ0v) is 20.6. The van der Waals surface area contributed by atoms with Crippen LogP contribution < -0.4 is 5.32 Å². The predicted octanol–water partition coefficient (Wildman–Crippen LogP) is 6.32. The number of carbonyl (C=O) groups excluding carboxylic acids is 1. The third kappa shape index (κ3) is 6.92. The summed E-state index contributed by atoms with van der Waals surface area (Å²) in [6.45, 7) is 0.677. The number of halogens is 3. The number of aromatic nitrogens is 2. The highest BCUT2D eigenvalue weighted by molar-refractivity contribution is 7.99. The molecule has 0 saturated heterocycles. The number of pyridine rings is 1. The Morgan fingerprint density at radius 3 is 2.42 bits per heavy atom. The van der Waals surface area contributed by atoms with Crippen LogP contribution in [0.4, 0.5) is 13.2 Å². The molecule has 2 aromatic heterocycles. The Labute approximate surface area is 220 Å². The highest BCUT2D eigenvalue weighted by Gasteiger charge is 2.38. The first-order chi connectivity index (χ1) is 18.2. The summed E-state index contributed by atoms with van der Waals surface area (Å²) in [6, 6.07) is 24.7. The van der Waals surface area contributed by atoms with Crippen LogP contribution in [0.5, 0.6) is 0 Å². The minimum atomic E-state index is -5.08. The van der Waals surface area contributed by atoms with Gasteiger partial charge in [-0.1, -0.05) is 54.2 Å². The Bertz CT molecular complexity index is 1470. The molecule has 10 heteroatoms. The van der Waals surface area contributed by atoms with Gasteiger partial charge in [0.2, 0.25) is 0 Å². The lowest BCUT2D eigenvalue weighted by Crippen LogP contribution is -2.31. The van der Waals surface area contributed by atoms with E-state index in [4.69, 9.17) is 9.90 Å². The van der Waals surface area contributed by atoms with E-state index in [1.165, 1.54) is 9.79 Å². The number of benzene rings is 2. The molecule has 4 aromatic rings. The van der Waals surface area contributed by atoms with Crippen molar-refractivity contribution in [3.05, 3.63) is 102 Å². The molecule has 0 radical (unpaired) electrons. The maximum Gasteiger partial charge on any atom is 0.490 e. The molecule has 0 spiro atoms. The van der Waals surface area contributed by atoms with Crippen LogP contribution in [-0.2, 0) is 11.2 Å². The standard InChI is InChI=1S/C26H21N3OS.C2HF3O2/c30-26-22-17-24(29-23(22)13-15-28-26)19-12-14-27-20(16-19)11-10-18-6-4-5-9-25(18)31-21-7-2-1-3-8-21;3-2(4,5)1(6)7/h1-12,14,16-17,29H,13,15H2,(H,28,30);(H,6,7)/b11-10+;. The number of nitrogens with zero attached hydrogens (tertiary/aromatic N) is 1. The van der Waals surface area contributed by atoms with Gasteiger partial charge in [-0.25, -0.2) is 4.79 Å². The molecule has 0 atom stereocenters. The predicted molar refractivity (Wildman–Crippen MR) is 140 cm³/mol. The fourth-order valence-electron chi connectivity index (χ4n) is 3.66. The Morgan fingerprint density at radius 1 is 1.00 bits per heavy atom. The first kappa shape index (κ1) is 26.7. The summed E-state index contributed by atoms with van der Waals surface area (Å²) >= 11 is 1.75. The molecule has 3 heterocycles. The lowest BCUT2D eigenvalue weighted by atomic mass is 10.1. The minimum absolute atomic E-state index is 0.00884. The quantitative estimate of drug-likeness (QED) is 0.277. The van der Waals surface area contributed by atoms with Gasteiger partial charge in [0.1, 0.15) is 0 Å². The number of hydrogen-bond acceptors (Lipinski definition) is 4. The molecule has 38 heavy (non-hydrogen) atoms. The molecule has 1 aliphatic rings. The topological polar surface area (TPSA) is 95.1 Å². The van der Waals surface area contributed by atoms with Crippen molar-refractivity contribution in [1.29, 1.82) is 0 Å². The van der Waals surface area contributed by atoms with E-state index in [1.807, 2.05) is 36.4 Å². The SMILES string of the molecule is O=C(O)C(F)(F)F.O=C1NCCc2[nH]c(-c3ccnc(/C=C/c4ccccc4Sc4ccccc4)c3)cc21. The summed E-state index contributed by atoms with van der Waals surface area (Å²) in [5, 5.41) is 10.0. The minimum Gasteiger partial charge on any atom is -0.475 e. The van der Waals surface area contributed by atoms with Crippen LogP contribution in [0.2, 0.25) is 0 Å². The zero-order chi connectivity index (χ0) is 27.1. The van der Waals surface area contributed by atoms with E-state index in [9.17, 15) is 18.0 Å². The van der Waals surface area contributed by atoms with Gasteiger partial charge in [-0.05, 0) is 48.0 Å². The molecule has 0 bridgehead atoms. The van der Waals surface area contributed by atoms with Gasteiger partial charge in [-0.3, -0.25) is 9.78 Å². The van der Waals surface area contributed by atoms with Crippen molar-refractivity contribution in [2.75, 3.05) is 6.54 Å². The maximum atomic E-state index is 12.1. The average molecular weight is 538 g/mol. The molecule has 1 amide bonds. The van der Waals surface area contributed by atoms with Crippen molar-refractivity contribution in [2.45, 2.75) is 22.4 Å². The van der Waals surface area contributed by atoms with Gasteiger partial charge in [-0.15, -0.1) is 0 Å². The normalized spacial score (nSPS) is 12.9. The van der Waals surface area contributed by atoms with Gasteiger partial charge in [-0.2, -0.15) is 13.2 Å². The Hall–Kier alpha value is -4.31. The van der Waals surface area contributed by atoms with E-state index in [-0.39, 0.29) is 5.91 Å². The van der Waals surface area contributed by atoms with E-state index in [2.05, 4.69) is 63.8 Å². The highest BCUT2D eigenvalue weighted by Crippen LogP contribution is 2.31. The number of aliphatic carboxylic acids is 1. The maximum absolute atomic E-state index is 12.1. The molecule has 1 aliphatic heterocycles. The Balaban J connectivity index is 0.000000426. The molecule has 0 fully saturated rings. The van der Waals surface area contributed by atoms with Crippen LogP contribution in [-0.4, -0.2) is 39.7 Å². The lowest BCUT2D eigenvalue weighted by Gasteiger charge is -2.10. The number of nitrogens with one attached hydrogen (secondary N) is 2. The number of carboxylic acids is 1. The number of fused-ring (bicyclic) bond motifs is 1. The molecule has 0 aliphatic carbocycles. The fourth-order valence-corrected chi connectivity index (χ4v) is 4.61. The Morgan fingerprint density at radius 2 is 1.71 bits per heavy atom. The van der Waals surface area contributed by atoms with Gasteiger partial charge in [0, 0.05) is 45.9 Å². The zero-order valence-electron chi connectivity index (χ0n) is 19.8. The van der Waals surface area contributed by atoms with Crippen LogP contribution in [0.1, 0.15) is 27.3 Å². The van der Waals surface area contributed by atoms with Crippen LogP contribution in [0.3, 0.4) is 0 Å². The molecule has 0 saturated carbocycles. The van der Waals surface area contributed by atoms with E-state index in [0.29, 0.717) is 6.54 Å². The fraction of sp³-hybridized carbons (Fsp3) is 0.107. The number of rotatable bonds is 5. The molecular weight excluding hydrogens is 515 g/mol. The van der Waals surface area contributed by atoms with Crippen molar-refractivity contribution in [3.63, 3.8) is 0 Å². The number of H-pyrrole nitrogens is 1. The monoisotopic (exact) mass is 537 g/mol. The second kappa shape index (κ2) is 11.8. The number of alkyl halides is 3. The molecule has 5 rings (SSSR count). The second-order valence-electron chi connectivity index (χ2n) is 8.14. The van der Waals surface area contributed by atoms with Gasteiger partial charge < -0.3 is 15.4 Å². The van der Waals surface area contributed by atoms with Gasteiger partial charge in [0.15, 0.2) is 0 Å². The molecule has 0 unspecified atom stereocenters. The van der Waals surface area contributed by atoms with Crippen molar-refractivity contribution in [3.8, 4) is 11.3 Å². The molecule has 3 N–H and O–H groups in total. The molecule has 6 nitrogen and oxygen atoms in total. The average Bonchev–Trinajstić information content (AvgIpc) is 3.35. The molecular formula is C28H22F3N3O3S. The summed E-state index contributed by atoms with van der Waals surface area (Å²) in [6.07, 6.45) is 1.68. The lowest BCUT2D eigenvalue weighted by molar-refractivity contribution is -0.192. The summed E-state index contributed by atoms with van der Waals surface area (Å²) in [5.74, 6) is -2.77. The Kier molecular flexibility index (Phi) is 8.32. The second-order valence-corrected chi connectivity index (χ2v) is 9.26.